The summed E-state index contributed by atoms with van der Waals surface area (Å²) in [6.45, 7) is 4.66. The number of rotatable bonds is 27. The van der Waals surface area contributed by atoms with Crippen molar-refractivity contribution in [2.45, 2.75) is 115 Å². The van der Waals surface area contributed by atoms with E-state index in [9.17, 15) is 53.4 Å². The number of nitrogens with two attached hydrogens (primary N) is 3. The van der Waals surface area contributed by atoms with Gasteiger partial charge in [0, 0.05) is 19.3 Å². The highest BCUT2D eigenvalue weighted by Gasteiger charge is 2.33. The molecule has 1 aromatic carbocycles. The molecule has 312 valence electrons. The highest BCUT2D eigenvalue weighted by molar-refractivity contribution is 5.97. The van der Waals surface area contributed by atoms with E-state index in [1.54, 1.807) is 44.2 Å². The molecule has 6 atom stereocenters. The number of unbranched alkanes of at least 4 members (excludes halogenated alkanes) is 1. The van der Waals surface area contributed by atoms with E-state index in [0.717, 1.165) is 0 Å². The average Bonchev–Trinajstić information content (AvgIpc) is 3.13. The lowest BCUT2D eigenvalue weighted by atomic mass is 10.0. The zero-order valence-electron chi connectivity index (χ0n) is 32.0. The van der Waals surface area contributed by atoms with Gasteiger partial charge in [0.2, 0.25) is 41.4 Å². The second-order valence-electron chi connectivity index (χ2n) is 13.7. The van der Waals surface area contributed by atoms with Crippen molar-refractivity contribution in [1.29, 1.82) is 0 Å². The standard InChI is InChI=1S/C36H57N9O11/c1-20(2)17-26(34(53)43-24(13-15-30(48)49)32(51)40-21(3)31(50)44-25(36(55)56)11-7-8-16-37)45-33(52)23(12-14-28(39)46)42-35(54)27(41-29(47)19-38)18-22-9-5-4-6-10-22/h4-6,9-10,20-21,23-27H,7-8,11-19,37-38H2,1-3H3,(H2,39,46)(H,40,51)(H,41,47)(H,42,54)(H,43,53)(H,44,50)(H,45,52)(H,48,49)(H,55,56)/t21-,23-,24-,25-,26-,27-/m0/s1. The predicted molar refractivity (Wildman–Crippen MR) is 202 cm³/mol. The molecule has 1 rings (SSSR count). The molecule has 20 heteroatoms. The van der Waals surface area contributed by atoms with Crippen LogP contribution in [0.2, 0.25) is 0 Å². The van der Waals surface area contributed by atoms with Crippen molar-refractivity contribution in [2.75, 3.05) is 13.1 Å². The first-order chi connectivity index (χ1) is 26.4. The van der Waals surface area contributed by atoms with Crippen molar-refractivity contribution in [1.82, 2.24) is 31.9 Å². The van der Waals surface area contributed by atoms with Crippen LogP contribution in [0, 0.1) is 5.92 Å². The van der Waals surface area contributed by atoms with E-state index in [4.69, 9.17) is 17.2 Å². The normalized spacial score (nSPS) is 14.1. The van der Waals surface area contributed by atoms with Crippen LogP contribution in [-0.2, 0) is 49.6 Å². The fraction of sp³-hybridized carbons (Fsp3) is 0.583. The molecule has 0 aliphatic heterocycles. The number of amides is 7. The molecule has 20 nitrogen and oxygen atoms in total. The van der Waals surface area contributed by atoms with Crippen LogP contribution in [0.3, 0.4) is 0 Å². The summed E-state index contributed by atoms with van der Waals surface area (Å²) in [7, 11) is 0. The first-order valence-electron chi connectivity index (χ1n) is 18.4. The van der Waals surface area contributed by atoms with Crippen LogP contribution in [0.4, 0.5) is 0 Å². The topological polar surface area (TPSA) is 344 Å². The Morgan fingerprint density at radius 1 is 0.607 bits per heavy atom. The minimum atomic E-state index is -1.52. The number of hydrogen-bond acceptors (Lipinski definition) is 11. The van der Waals surface area contributed by atoms with E-state index < -0.39 is 109 Å². The van der Waals surface area contributed by atoms with Crippen LogP contribution >= 0.6 is 0 Å². The smallest absolute Gasteiger partial charge is 0.326 e. The fourth-order valence-corrected chi connectivity index (χ4v) is 5.35. The Balaban J connectivity index is 3.25. The lowest BCUT2D eigenvalue weighted by Gasteiger charge is -2.27. The lowest BCUT2D eigenvalue weighted by Crippen LogP contribution is -2.59. The molecule has 0 aliphatic rings. The summed E-state index contributed by atoms with van der Waals surface area (Å²) >= 11 is 0. The lowest BCUT2D eigenvalue weighted by molar-refractivity contribution is -0.142. The maximum absolute atomic E-state index is 13.7. The van der Waals surface area contributed by atoms with Gasteiger partial charge in [0.05, 0.1) is 6.54 Å². The molecule has 0 saturated heterocycles. The first-order valence-corrected chi connectivity index (χ1v) is 18.4. The first kappa shape index (κ1) is 48.4. The van der Waals surface area contributed by atoms with Crippen molar-refractivity contribution < 1.29 is 53.4 Å². The summed E-state index contributed by atoms with van der Waals surface area (Å²) in [5.74, 6) is -8.64. The van der Waals surface area contributed by atoms with Crippen molar-refractivity contribution in [3.63, 3.8) is 0 Å². The Kier molecular flexibility index (Phi) is 22.0. The zero-order valence-corrected chi connectivity index (χ0v) is 32.0. The molecule has 7 amide bonds. The third kappa shape index (κ3) is 19.1. The van der Waals surface area contributed by atoms with Crippen LogP contribution < -0.4 is 49.1 Å². The number of benzene rings is 1. The number of carbonyl (C=O) groups excluding carboxylic acids is 7. The van der Waals surface area contributed by atoms with Gasteiger partial charge in [-0.15, -0.1) is 0 Å². The zero-order chi connectivity index (χ0) is 42.4. The van der Waals surface area contributed by atoms with Gasteiger partial charge in [-0.05, 0) is 63.5 Å². The molecule has 0 spiro atoms. The third-order valence-electron chi connectivity index (χ3n) is 8.37. The molecule has 0 saturated carbocycles. The van der Waals surface area contributed by atoms with E-state index in [1.165, 1.54) is 6.92 Å². The van der Waals surface area contributed by atoms with E-state index in [-0.39, 0.29) is 38.0 Å². The maximum Gasteiger partial charge on any atom is 0.326 e. The van der Waals surface area contributed by atoms with Gasteiger partial charge >= 0.3 is 11.9 Å². The SMILES string of the molecule is CC(C)C[C@H](NC(=O)[C@H](CCC(N)=O)NC(=O)[C@H](Cc1ccccc1)NC(=O)CN)C(=O)N[C@@H](CCC(=O)O)C(=O)N[C@@H](C)C(=O)N[C@@H](CCCCN)C(=O)O. The van der Waals surface area contributed by atoms with Gasteiger partial charge in [-0.25, -0.2) is 4.79 Å². The Hall–Kier alpha value is -5.63. The summed E-state index contributed by atoms with van der Waals surface area (Å²) in [6.07, 6.45) is -0.560. The molecule has 56 heavy (non-hydrogen) atoms. The number of hydrogen-bond donors (Lipinski definition) is 11. The molecule has 0 radical (unpaired) electrons. The Morgan fingerprint density at radius 3 is 1.64 bits per heavy atom. The Bertz CT molecular complexity index is 1510. The van der Waals surface area contributed by atoms with Crippen LogP contribution in [-0.4, -0.2) is 113 Å². The third-order valence-corrected chi connectivity index (χ3v) is 8.37. The Morgan fingerprint density at radius 2 is 1.12 bits per heavy atom. The van der Waals surface area contributed by atoms with Crippen molar-refractivity contribution >= 4 is 53.3 Å². The highest BCUT2D eigenvalue weighted by atomic mass is 16.4. The van der Waals surface area contributed by atoms with Gasteiger partial charge in [0.15, 0.2) is 0 Å². The highest BCUT2D eigenvalue weighted by Crippen LogP contribution is 2.10. The molecule has 1 aromatic rings. The van der Waals surface area contributed by atoms with Gasteiger partial charge in [0.25, 0.3) is 0 Å². The molecule has 0 heterocycles. The fourth-order valence-electron chi connectivity index (χ4n) is 5.35. The Labute approximate surface area is 325 Å². The van der Waals surface area contributed by atoms with Gasteiger partial charge in [-0.2, -0.15) is 0 Å². The van der Waals surface area contributed by atoms with Gasteiger partial charge in [0.1, 0.15) is 36.3 Å². The quantitative estimate of drug-likeness (QED) is 0.0411. The van der Waals surface area contributed by atoms with E-state index >= 15 is 0 Å². The molecule has 0 aliphatic carbocycles. The number of nitrogens with one attached hydrogen (secondary N) is 6. The van der Waals surface area contributed by atoms with Gasteiger partial charge < -0.3 is 59.3 Å². The molecule has 0 fully saturated rings. The van der Waals surface area contributed by atoms with Crippen LogP contribution in [0.25, 0.3) is 0 Å². The number of primary amides is 1. The number of aliphatic carboxylic acids is 2. The van der Waals surface area contributed by atoms with E-state index in [2.05, 4.69) is 31.9 Å². The van der Waals surface area contributed by atoms with Crippen LogP contribution in [0.15, 0.2) is 30.3 Å². The van der Waals surface area contributed by atoms with E-state index in [0.29, 0.717) is 24.9 Å². The average molecular weight is 792 g/mol. The minimum Gasteiger partial charge on any atom is -0.481 e. The second-order valence-corrected chi connectivity index (χ2v) is 13.7. The summed E-state index contributed by atoms with van der Waals surface area (Å²) in [6, 6.07) is 0.631. The number of carbonyl (C=O) groups is 9. The number of carboxylic acids is 2. The summed E-state index contributed by atoms with van der Waals surface area (Å²) in [5, 5.41) is 33.5. The van der Waals surface area contributed by atoms with Crippen molar-refractivity contribution in [3.8, 4) is 0 Å². The van der Waals surface area contributed by atoms with Crippen LogP contribution in [0.5, 0.6) is 0 Å². The molecule has 0 bridgehead atoms. The number of carboxylic acid groups (broad SMARTS) is 2. The minimum absolute atomic E-state index is 0.00403. The monoisotopic (exact) mass is 791 g/mol. The summed E-state index contributed by atoms with van der Waals surface area (Å²) < 4.78 is 0. The molecular weight excluding hydrogens is 734 g/mol. The van der Waals surface area contributed by atoms with Crippen LogP contribution in [0.1, 0.15) is 77.7 Å². The summed E-state index contributed by atoms with van der Waals surface area (Å²) in [4.78, 5) is 114. The molecular formula is C36H57N9O11. The van der Waals surface area contributed by atoms with E-state index in [1.807, 2.05) is 0 Å². The van der Waals surface area contributed by atoms with Gasteiger partial charge in [-0.3, -0.25) is 38.4 Å². The molecule has 0 aromatic heterocycles. The molecule has 0 unspecified atom stereocenters. The van der Waals surface area contributed by atoms with Crippen molar-refractivity contribution in [3.05, 3.63) is 35.9 Å². The molecule has 14 N–H and O–H groups in total. The maximum atomic E-state index is 13.7. The largest absolute Gasteiger partial charge is 0.481 e. The van der Waals surface area contributed by atoms with Crippen molar-refractivity contribution in [2.24, 2.45) is 23.1 Å². The summed E-state index contributed by atoms with van der Waals surface area (Å²) in [5.41, 5.74) is 16.9. The second kappa shape index (κ2) is 25.4. The van der Waals surface area contributed by atoms with Gasteiger partial charge in [-0.1, -0.05) is 44.2 Å². The predicted octanol–water partition coefficient (Wildman–Crippen LogP) is -2.49.